The van der Waals surface area contributed by atoms with Crippen molar-refractivity contribution in [1.29, 1.82) is 0 Å². The van der Waals surface area contributed by atoms with Crippen LogP contribution in [0.4, 0.5) is 0 Å². The van der Waals surface area contributed by atoms with E-state index in [1.54, 1.807) is 6.08 Å². The van der Waals surface area contributed by atoms with Gasteiger partial charge in [-0.15, -0.1) is 0 Å². The van der Waals surface area contributed by atoms with Crippen LogP contribution in [0.15, 0.2) is 134 Å². The standard InChI is InChI=1S/C81H137NO13/c1-3-5-7-9-11-13-15-17-19-21-23-25-27-28-29-30-31-32-33-34-35-36-37-38-39-40-41-42-43-45-47-49-51-53-55-57-59-61-63-65-73(86)82-69(68-92-80-78(91)76(89)79(72(67-84)94-80)95-81-77(90)75(88)74(87)71(66-83)93-81)70(85)64-62-60-58-56-54-52-50-48-46-44-26-24-22-20-18-16-14-12-10-8-6-4-2/h5,7,11,13,17,19,23,25,28-29,31-32,34-35,37-38,40-41,54,56,62,64,69-72,74-81,83-85,87-91H,3-4,6,8-10,12,14-16,18,20-22,24,26-27,30,33,36,39,42-53,55,57-61,63,65-68H2,1-2H3,(H,82,86)/b7-5-,13-11-,19-17-,25-23-,29-28-,32-31-,35-34-,38-37-,41-40-,56-54+,64-62+. The highest BCUT2D eigenvalue weighted by atomic mass is 16.7. The van der Waals surface area contributed by atoms with Crippen molar-refractivity contribution in [3.05, 3.63) is 134 Å². The van der Waals surface area contributed by atoms with Gasteiger partial charge in [0, 0.05) is 6.42 Å². The largest absolute Gasteiger partial charge is 0.394 e. The molecule has 0 aliphatic carbocycles. The number of carbonyl (C=O) groups excluding carboxylic acids is 1. The molecule has 2 saturated heterocycles. The molecule has 0 aromatic carbocycles. The Morgan fingerprint density at radius 3 is 1.16 bits per heavy atom. The molecule has 14 heteroatoms. The lowest BCUT2D eigenvalue weighted by molar-refractivity contribution is -0.359. The van der Waals surface area contributed by atoms with Gasteiger partial charge >= 0.3 is 0 Å². The minimum atomic E-state index is -1.80. The van der Waals surface area contributed by atoms with Gasteiger partial charge in [-0.1, -0.05) is 302 Å². The number of hydrogen-bond acceptors (Lipinski definition) is 13. The van der Waals surface area contributed by atoms with Crippen LogP contribution >= 0.6 is 0 Å². The third-order valence-electron chi connectivity index (χ3n) is 17.6. The number of hydrogen-bond donors (Lipinski definition) is 9. The molecule has 2 aliphatic heterocycles. The molecule has 0 aromatic heterocycles. The van der Waals surface area contributed by atoms with Crippen molar-refractivity contribution in [3.8, 4) is 0 Å². The third-order valence-corrected chi connectivity index (χ3v) is 17.6. The van der Waals surface area contributed by atoms with Crippen LogP contribution in [-0.4, -0.2) is 140 Å². The van der Waals surface area contributed by atoms with Gasteiger partial charge in [-0.05, 0) is 103 Å². The maximum absolute atomic E-state index is 13.4. The van der Waals surface area contributed by atoms with Crippen molar-refractivity contribution in [2.75, 3.05) is 19.8 Å². The number of aliphatic hydroxyl groups excluding tert-OH is 8. The van der Waals surface area contributed by atoms with Crippen LogP contribution < -0.4 is 5.32 Å². The second-order valence-corrected chi connectivity index (χ2v) is 26.0. The van der Waals surface area contributed by atoms with Gasteiger partial charge in [0.05, 0.1) is 32.0 Å². The van der Waals surface area contributed by atoms with Crippen molar-refractivity contribution in [2.45, 2.75) is 351 Å². The minimum absolute atomic E-state index is 0.255. The molecule has 544 valence electrons. The van der Waals surface area contributed by atoms with Gasteiger partial charge in [-0.25, -0.2) is 0 Å². The van der Waals surface area contributed by atoms with E-state index >= 15 is 0 Å². The van der Waals surface area contributed by atoms with Gasteiger partial charge in [-0.3, -0.25) is 4.79 Å². The number of allylic oxidation sites excluding steroid dienone is 21. The molecule has 95 heavy (non-hydrogen) atoms. The topological polar surface area (TPSA) is 228 Å². The molecule has 12 unspecified atom stereocenters. The van der Waals surface area contributed by atoms with E-state index in [0.29, 0.717) is 12.8 Å². The number of carbonyl (C=O) groups is 1. The quantitative estimate of drug-likeness (QED) is 0.0204. The van der Waals surface area contributed by atoms with E-state index in [4.69, 9.17) is 18.9 Å². The van der Waals surface area contributed by atoms with Crippen molar-refractivity contribution in [2.24, 2.45) is 0 Å². The molecular weight excluding hydrogens is 1190 g/mol. The summed E-state index contributed by atoms with van der Waals surface area (Å²) in [4.78, 5) is 13.4. The molecule has 2 heterocycles. The second-order valence-electron chi connectivity index (χ2n) is 26.0. The molecular formula is C81H137NO13. The molecule has 12 atom stereocenters. The van der Waals surface area contributed by atoms with Crippen molar-refractivity contribution < 1.29 is 64.6 Å². The van der Waals surface area contributed by atoms with Crippen LogP contribution in [0.25, 0.3) is 0 Å². The summed E-state index contributed by atoms with van der Waals surface area (Å²) >= 11 is 0. The van der Waals surface area contributed by atoms with Gasteiger partial charge in [0.1, 0.15) is 48.8 Å². The predicted octanol–water partition coefficient (Wildman–Crippen LogP) is 16.6. The van der Waals surface area contributed by atoms with Crippen LogP contribution in [0.2, 0.25) is 0 Å². The Balaban J connectivity index is 1.64. The fraction of sp³-hybridized carbons (Fsp3) is 0.716. The van der Waals surface area contributed by atoms with E-state index < -0.39 is 86.8 Å². The zero-order chi connectivity index (χ0) is 68.7. The van der Waals surface area contributed by atoms with E-state index in [2.05, 4.69) is 141 Å². The van der Waals surface area contributed by atoms with Crippen LogP contribution in [0.3, 0.4) is 0 Å². The zero-order valence-electron chi connectivity index (χ0n) is 59.4. The second kappa shape index (κ2) is 63.6. The summed E-state index contributed by atoms with van der Waals surface area (Å²) in [5, 5.41) is 87.5. The first-order chi connectivity index (χ1) is 46.6. The number of amides is 1. The monoisotopic (exact) mass is 1330 g/mol. The highest BCUT2D eigenvalue weighted by Gasteiger charge is 2.51. The molecule has 0 bridgehead atoms. The maximum Gasteiger partial charge on any atom is 0.220 e. The maximum atomic E-state index is 13.4. The lowest BCUT2D eigenvalue weighted by atomic mass is 9.97. The molecule has 2 rings (SSSR count). The molecule has 0 saturated carbocycles. The first-order valence-corrected chi connectivity index (χ1v) is 37.9. The lowest BCUT2D eigenvalue weighted by Gasteiger charge is -2.46. The zero-order valence-corrected chi connectivity index (χ0v) is 59.4. The van der Waals surface area contributed by atoms with E-state index in [1.165, 1.54) is 148 Å². The van der Waals surface area contributed by atoms with Gasteiger partial charge in [-0.2, -0.15) is 0 Å². The van der Waals surface area contributed by atoms with E-state index in [-0.39, 0.29) is 18.9 Å². The molecule has 0 spiro atoms. The van der Waals surface area contributed by atoms with Crippen LogP contribution in [0, 0.1) is 0 Å². The highest BCUT2D eigenvalue weighted by molar-refractivity contribution is 5.76. The molecule has 14 nitrogen and oxygen atoms in total. The molecule has 1 amide bonds. The summed E-state index contributed by atoms with van der Waals surface area (Å²) in [5.74, 6) is -0.255. The number of ether oxygens (including phenoxy) is 4. The van der Waals surface area contributed by atoms with Gasteiger partial charge in [0.25, 0.3) is 0 Å². The molecule has 0 radical (unpaired) electrons. The third kappa shape index (κ3) is 46.9. The van der Waals surface area contributed by atoms with Crippen LogP contribution in [0.5, 0.6) is 0 Å². The number of nitrogens with one attached hydrogen (secondary N) is 1. The van der Waals surface area contributed by atoms with E-state index in [1.807, 2.05) is 6.08 Å². The molecule has 9 N–H and O–H groups in total. The fourth-order valence-corrected chi connectivity index (χ4v) is 11.6. The average Bonchev–Trinajstić information content (AvgIpc) is 0.801. The predicted molar refractivity (Wildman–Crippen MR) is 391 cm³/mol. The van der Waals surface area contributed by atoms with Gasteiger partial charge < -0.3 is 65.1 Å². The van der Waals surface area contributed by atoms with Crippen LogP contribution in [-0.2, 0) is 23.7 Å². The Labute approximate surface area is 577 Å². The van der Waals surface area contributed by atoms with Crippen LogP contribution in [0.1, 0.15) is 277 Å². The summed E-state index contributed by atoms with van der Waals surface area (Å²) in [5.41, 5.74) is 0. The van der Waals surface area contributed by atoms with Crippen molar-refractivity contribution in [3.63, 3.8) is 0 Å². The Bertz CT molecular complexity index is 2110. The first-order valence-electron chi connectivity index (χ1n) is 37.9. The Morgan fingerprint density at radius 2 is 0.737 bits per heavy atom. The summed E-state index contributed by atoms with van der Waals surface area (Å²) in [6, 6.07) is -0.943. The SMILES string of the molecule is CC/C=C\C/C=C\C/C=C\C/C=C\C/C=C\C/C=C\C/C=C\C/C=C\C/C=C\CCCCCCCCCCCCCC(=O)NC(COC1OC(CO)C(OC2OC(CO)C(O)C(O)C2O)C(O)C1O)C(O)/C=C/CC/C=C/CCCCCCCCCCCCCCCCCC. The average molecular weight is 1330 g/mol. The smallest absolute Gasteiger partial charge is 0.220 e. The Kier molecular flexibility index (Phi) is 58.4. The summed E-state index contributed by atoms with van der Waals surface area (Å²) in [7, 11) is 0. The number of unbranched alkanes of at least 4 members (excludes halogenated alkanes) is 28. The first kappa shape index (κ1) is 87.2. The fourth-order valence-electron chi connectivity index (χ4n) is 11.6. The summed E-state index contributed by atoms with van der Waals surface area (Å²) < 4.78 is 22.9. The summed E-state index contributed by atoms with van der Waals surface area (Å²) in [6.07, 6.45) is 78.0. The van der Waals surface area contributed by atoms with E-state index in [9.17, 15) is 45.6 Å². The van der Waals surface area contributed by atoms with Gasteiger partial charge in [0.2, 0.25) is 5.91 Å². The lowest BCUT2D eigenvalue weighted by Crippen LogP contribution is -2.65. The number of aliphatic hydroxyl groups is 8. The minimum Gasteiger partial charge on any atom is -0.394 e. The van der Waals surface area contributed by atoms with Gasteiger partial charge in [0.15, 0.2) is 12.6 Å². The highest BCUT2D eigenvalue weighted by Crippen LogP contribution is 2.30. The Hall–Kier alpha value is -3.87. The number of rotatable bonds is 61. The van der Waals surface area contributed by atoms with Crippen molar-refractivity contribution in [1.82, 2.24) is 5.32 Å². The van der Waals surface area contributed by atoms with Crippen molar-refractivity contribution >= 4 is 5.91 Å². The molecule has 2 aliphatic rings. The summed E-state index contributed by atoms with van der Waals surface area (Å²) in [6.45, 7) is 2.68. The van der Waals surface area contributed by atoms with E-state index in [0.717, 1.165) is 96.3 Å². The Morgan fingerprint density at radius 1 is 0.389 bits per heavy atom. The molecule has 2 fully saturated rings. The molecule has 0 aromatic rings. The normalized spacial score (nSPS) is 23.1.